The highest BCUT2D eigenvalue weighted by Crippen LogP contribution is 2.15. The summed E-state index contributed by atoms with van der Waals surface area (Å²) in [6.07, 6.45) is 29.8. The van der Waals surface area contributed by atoms with Crippen molar-refractivity contribution in [3.63, 3.8) is 0 Å². The maximum atomic E-state index is 12.5. The van der Waals surface area contributed by atoms with Gasteiger partial charge in [-0.1, -0.05) is 169 Å². The Balaban J connectivity index is 4.24. The van der Waals surface area contributed by atoms with E-state index in [0.29, 0.717) is 19.3 Å². The summed E-state index contributed by atoms with van der Waals surface area (Å²) in [6.45, 7) is 8.81. The molecule has 0 N–H and O–H groups in total. The Bertz CT molecular complexity index is 676. The van der Waals surface area contributed by atoms with Crippen LogP contribution in [0.2, 0.25) is 0 Å². The molecule has 0 amide bonds. The van der Waals surface area contributed by atoms with Gasteiger partial charge in [0.25, 0.3) is 0 Å². The summed E-state index contributed by atoms with van der Waals surface area (Å²) in [6, 6.07) is 0. The molecule has 0 rings (SSSR count). The standard InChI is InChI=1S/C39H74O6/c1-5-7-9-11-12-13-14-15-16-17-18-23-27-31-38(41)44-34-36(33-43-37(40)30-26-21-10-8-6-2)45-39(42)32-28-24-20-19-22-25-29-35(3)4/h35-36H,5-34H2,1-4H3/t36-/m1/s1. The van der Waals surface area contributed by atoms with E-state index in [2.05, 4.69) is 27.7 Å². The predicted octanol–water partition coefficient (Wildman–Crippen LogP) is 11.6. The lowest BCUT2D eigenvalue weighted by Gasteiger charge is -2.18. The highest BCUT2D eigenvalue weighted by Gasteiger charge is 2.19. The van der Waals surface area contributed by atoms with Crippen LogP contribution in [0.1, 0.15) is 207 Å². The first-order chi connectivity index (χ1) is 21.9. The second kappa shape index (κ2) is 33.8. The fourth-order valence-corrected chi connectivity index (χ4v) is 5.57. The minimum absolute atomic E-state index is 0.0668. The molecule has 266 valence electrons. The maximum absolute atomic E-state index is 12.5. The van der Waals surface area contributed by atoms with Crippen LogP contribution in [0, 0.1) is 5.92 Å². The van der Waals surface area contributed by atoms with Crippen molar-refractivity contribution in [2.24, 2.45) is 5.92 Å². The van der Waals surface area contributed by atoms with Gasteiger partial charge in [0.1, 0.15) is 13.2 Å². The summed E-state index contributed by atoms with van der Waals surface area (Å²) in [7, 11) is 0. The van der Waals surface area contributed by atoms with E-state index in [0.717, 1.165) is 70.1 Å². The van der Waals surface area contributed by atoms with E-state index >= 15 is 0 Å². The number of carbonyl (C=O) groups excluding carboxylic acids is 3. The van der Waals surface area contributed by atoms with Crippen LogP contribution in [0.25, 0.3) is 0 Å². The van der Waals surface area contributed by atoms with Crippen molar-refractivity contribution >= 4 is 17.9 Å². The van der Waals surface area contributed by atoms with E-state index in [9.17, 15) is 14.4 Å². The zero-order valence-electron chi connectivity index (χ0n) is 30.3. The Morgan fingerprint density at radius 3 is 1.09 bits per heavy atom. The minimum Gasteiger partial charge on any atom is -0.462 e. The fourth-order valence-electron chi connectivity index (χ4n) is 5.57. The topological polar surface area (TPSA) is 78.9 Å². The molecule has 0 spiro atoms. The molecule has 0 unspecified atom stereocenters. The minimum atomic E-state index is -0.756. The molecule has 0 heterocycles. The van der Waals surface area contributed by atoms with E-state index in [4.69, 9.17) is 14.2 Å². The molecule has 0 aromatic rings. The van der Waals surface area contributed by atoms with E-state index in [1.807, 2.05) is 0 Å². The van der Waals surface area contributed by atoms with Gasteiger partial charge in [-0.05, 0) is 25.2 Å². The number of carbonyl (C=O) groups is 3. The quantitative estimate of drug-likeness (QED) is 0.0396. The molecular formula is C39H74O6. The van der Waals surface area contributed by atoms with Crippen molar-refractivity contribution in [2.75, 3.05) is 13.2 Å². The van der Waals surface area contributed by atoms with E-state index in [1.54, 1.807) is 0 Å². The van der Waals surface area contributed by atoms with Gasteiger partial charge in [-0.25, -0.2) is 0 Å². The SMILES string of the molecule is CCCCCCCCCCCCCCCC(=O)OC[C@@H](COC(=O)CCCCCCC)OC(=O)CCCCCCCCC(C)C. The highest BCUT2D eigenvalue weighted by molar-refractivity contribution is 5.71. The van der Waals surface area contributed by atoms with E-state index in [1.165, 1.54) is 96.3 Å². The monoisotopic (exact) mass is 639 g/mol. The molecule has 0 aliphatic carbocycles. The first-order valence-electron chi connectivity index (χ1n) is 19.4. The number of hydrogen-bond acceptors (Lipinski definition) is 6. The zero-order chi connectivity index (χ0) is 33.2. The van der Waals surface area contributed by atoms with Crippen LogP contribution in [0.4, 0.5) is 0 Å². The van der Waals surface area contributed by atoms with Gasteiger partial charge in [-0.3, -0.25) is 14.4 Å². The van der Waals surface area contributed by atoms with Crippen LogP contribution in [-0.2, 0) is 28.6 Å². The molecule has 0 fully saturated rings. The number of ether oxygens (including phenoxy) is 3. The van der Waals surface area contributed by atoms with E-state index in [-0.39, 0.29) is 31.1 Å². The molecule has 0 bridgehead atoms. The van der Waals surface area contributed by atoms with Crippen LogP contribution < -0.4 is 0 Å². The molecular weight excluding hydrogens is 564 g/mol. The van der Waals surface area contributed by atoms with E-state index < -0.39 is 6.10 Å². The predicted molar refractivity (Wildman–Crippen MR) is 187 cm³/mol. The third kappa shape index (κ3) is 33.6. The molecule has 0 aliphatic heterocycles. The second-order valence-electron chi connectivity index (χ2n) is 13.7. The molecule has 6 heteroatoms. The summed E-state index contributed by atoms with van der Waals surface area (Å²) in [5, 5.41) is 0. The third-order valence-electron chi connectivity index (χ3n) is 8.54. The lowest BCUT2D eigenvalue weighted by Crippen LogP contribution is -2.30. The highest BCUT2D eigenvalue weighted by atomic mass is 16.6. The van der Waals surface area contributed by atoms with Crippen molar-refractivity contribution in [1.29, 1.82) is 0 Å². The maximum Gasteiger partial charge on any atom is 0.306 e. The zero-order valence-corrected chi connectivity index (χ0v) is 30.3. The summed E-state index contributed by atoms with van der Waals surface area (Å²) >= 11 is 0. The molecule has 45 heavy (non-hydrogen) atoms. The smallest absolute Gasteiger partial charge is 0.306 e. The Labute approximate surface area is 278 Å². The number of rotatable bonds is 34. The van der Waals surface area contributed by atoms with Gasteiger partial charge in [0, 0.05) is 19.3 Å². The summed E-state index contributed by atoms with van der Waals surface area (Å²) in [5.74, 6) is -0.124. The Morgan fingerprint density at radius 2 is 0.733 bits per heavy atom. The average Bonchev–Trinajstić information content (AvgIpc) is 3.01. The molecule has 6 nitrogen and oxygen atoms in total. The molecule has 0 aliphatic rings. The Hall–Kier alpha value is -1.59. The van der Waals surface area contributed by atoms with Crippen molar-refractivity contribution in [1.82, 2.24) is 0 Å². The second-order valence-corrected chi connectivity index (χ2v) is 13.7. The Morgan fingerprint density at radius 1 is 0.422 bits per heavy atom. The van der Waals surface area contributed by atoms with Crippen LogP contribution in [0.3, 0.4) is 0 Å². The summed E-state index contributed by atoms with van der Waals surface area (Å²) < 4.78 is 16.5. The van der Waals surface area contributed by atoms with Gasteiger partial charge in [-0.15, -0.1) is 0 Å². The fraction of sp³-hybridized carbons (Fsp3) is 0.923. The largest absolute Gasteiger partial charge is 0.462 e. The van der Waals surface area contributed by atoms with Crippen LogP contribution in [-0.4, -0.2) is 37.2 Å². The lowest BCUT2D eigenvalue weighted by atomic mass is 10.0. The van der Waals surface area contributed by atoms with Gasteiger partial charge in [0.05, 0.1) is 0 Å². The average molecular weight is 639 g/mol. The normalized spacial score (nSPS) is 11.9. The van der Waals surface area contributed by atoms with Gasteiger partial charge >= 0.3 is 17.9 Å². The summed E-state index contributed by atoms with van der Waals surface area (Å²) in [5.41, 5.74) is 0. The first kappa shape index (κ1) is 43.4. The van der Waals surface area contributed by atoms with Crippen molar-refractivity contribution in [2.45, 2.75) is 214 Å². The Kier molecular flexibility index (Phi) is 32.6. The first-order valence-corrected chi connectivity index (χ1v) is 19.4. The third-order valence-corrected chi connectivity index (χ3v) is 8.54. The van der Waals surface area contributed by atoms with Crippen molar-refractivity contribution in [3.05, 3.63) is 0 Å². The van der Waals surface area contributed by atoms with Gasteiger partial charge < -0.3 is 14.2 Å². The van der Waals surface area contributed by atoms with Gasteiger partial charge in [0.15, 0.2) is 6.10 Å². The van der Waals surface area contributed by atoms with Crippen LogP contribution in [0.5, 0.6) is 0 Å². The molecule has 0 aromatic heterocycles. The molecule has 0 aromatic carbocycles. The number of esters is 3. The molecule has 0 saturated carbocycles. The number of hydrogen-bond donors (Lipinski definition) is 0. The molecule has 1 atom stereocenters. The van der Waals surface area contributed by atoms with Gasteiger partial charge in [-0.2, -0.15) is 0 Å². The van der Waals surface area contributed by atoms with Gasteiger partial charge in [0.2, 0.25) is 0 Å². The molecule has 0 radical (unpaired) electrons. The number of unbranched alkanes of at least 4 members (excludes halogenated alkanes) is 21. The van der Waals surface area contributed by atoms with Crippen LogP contribution in [0.15, 0.2) is 0 Å². The van der Waals surface area contributed by atoms with Crippen LogP contribution >= 0.6 is 0 Å². The molecule has 0 saturated heterocycles. The summed E-state index contributed by atoms with van der Waals surface area (Å²) in [4.78, 5) is 37.2. The van der Waals surface area contributed by atoms with Crippen molar-refractivity contribution in [3.8, 4) is 0 Å². The van der Waals surface area contributed by atoms with Crippen molar-refractivity contribution < 1.29 is 28.6 Å². The lowest BCUT2D eigenvalue weighted by molar-refractivity contribution is -0.167.